The summed E-state index contributed by atoms with van der Waals surface area (Å²) in [5.41, 5.74) is 0. The fourth-order valence-electron chi connectivity index (χ4n) is 1.77. The molecule has 1 saturated heterocycles. The van der Waals surface area contributed by atoms with Crippen molar-refractivity contribution in [2.24, 2.45) is 0 Å². The van der Waals surface area contributed by atoms with Gasteiger partial charge in [0.2, 0.25) is 5.91 Å². The van der Waals surface area contributed by atoms with Crippen LogP contribution in [0.15, 0.2) is 24.3 Å². The van der Waals surface area contributed by atoms with Gasteiger partial charge in [-0.3, -0.25) is 4.79 Å². The second-order valence-corrected chi connectivity index (χ2v) is 4.53. The highest BCUT2D eigenvalue weighted by Gasteiger charge is 2.22. The van der Waals surface area contributed by atoms with Crippen molar-refractivity contribution in [1.29, 1.82) is 0 Å². The Balaban J connectivity index is 1.63. The summed E-state index contributed by atoms with van der Waals surface area (Å²) in [6.45, 7) is 1.58. The number of rotatable bonds is 5. The van der Waals surface area contributed by atoms with Crippen LogP contribution in [-0.2, 0) is 9.53 Å². The highest BCUT2D eigenvalue weighted by Crippen LogP contribution is 2.15. The number of carbonyl (C=O) groups excluding carboxylic acids is 1. The fraction of sp³-hybridized carbons (Fsp3) is 0.462. The summed E-state index contributed by atoms with van der Waals surface area (Å²) in [6, 6.07) is 7.12. The molecule has 98 valence electrons. The Morgan fingerprint density at radius 1 is 1.44 bits per heavy atom. The van der Waals surface area contributed by atoms with E-state index in [-0.39, 0.29) is 12.0 Å². The summed E-state index contributed by atoms with van der Waals surface area (Å²) in [5.74, 6) is 0.693. The molecule has 1 unspecified atom stereocenters. The number of nitrogens with one attached hydrogen (secondary N) is 1. The van der Waals surface area contributed by atoms with Crippen molar-refractivity contribution in [2.45, 2.75) is 18.9 Å². The molecule has 18 heavy (non-hydrogen) atoms. The van der Waals surface area contributed by atoms with Crippen LogP contribution in [0.1, 0.15) is 12.8 Å². The maximum absolute atomic E-state index is 11.6. The molecule has 1 N–H and O–H groups in total. The lowest BCUT2D eigenvalue weighted by Gasteiger charge is -2.11. The third-order valence-electron chi connectivity index (χ3n) is 2.71. The summed E-state index contributed by atoms with van der Waals surface area (Å²) >= 11 is 5.76. The lowest BCUT2D eigenvalue weighted by Crippen LogP contribution is -2.36. The van der Waals surface area contributed by atoms with Gasteiger partial charge in [0.1, 0.15) is 18.5 Å². The molecule has 1 aliphatic rings. The van der Waals surface area contributed by atoms with E-state index >= 15 is 0 Å². The first-order chi connectivity index (χ1) is 8.75. The molecule has 1 amide bonds. The molecular formula is C13H16ClNO3. The zero-order valence-electron chi connectivity index (χ0n) is 10.0. The van der Waals surface area contributed by atoms with Gasteiger partial charge in [0.05, 0.1) is 6.54 Å². The number of carbonyl (C=O) groups is 1. The minimum absolute atomic E-state index is 0.0489. The predicted molar refractivity (Wildman–Crippen MR) is 68.9 cm³/mol. The molecule has 1 aromatic rings. The molecule has 1 heterocycles. The fourth-order valence-corrected chi connectivity index (χ4v) is 1.90. The number of hydrogen-bond acceptors (Lipinski definition) is 3. The van der Waals surface area contributed by atoms with Gasteiger partial charge in [-0.15, -0.1) is 0 Å². The molecule has 1 atom stereocenters. The first kappa shape index (κ1) is 13.2. The van der Waals surface area contributed by atoms with Gasteiger partial charge in [-0.1, -0.05) is 11.6 Å². The third kappa shape index (κ3) is 3.89. The van der Waals surface area contributed by atoms with Crippen LogP contribution in [0.5, 0.6) is 5.75 Å². The number of benzene rings is 1. The Bertz CT molecular complexity index is 388. The Labute approximate surface area is 111 Å². The molecule has 0 aliphatic carbocycles. The lowest BCUT2D eigenvalue weighted by atomic mass is 10.2. The smallest absolute Gasteiger partial charge is 0.249 e. The Morgan fingerprint density at radius 3 is 2.89 bits per heavy atom. The van der Waals surface area contributed by atoms with E-state index in [4.69, 9.17) is 21.1 Å². The Hall–Kier alpha value is -1.26. The quantitative estimate of drug-likeness (QED) is 0.832. The molecule has 5 heteroatoms. The minimum Gasteiger partial charge on any atom is -0.492 e. The number of ether oxygens (including phenoxy) is 2. The van der Waals surface area contributed by atoms with Crippen LogP contribution in [0.2, 0.25) is 5.02 Å². The second-order valence-electron chi connectivity index (χ2n) is 4.10. The average molecular weight is 270 g/mol. The molecule has 4 nitrogen and oxygen atoms in total. The lowest BCUT2D eigenvalue weighted by molar-refractivity contribution is -0.130. The van der Waals surface area contributed by atoms with Crippen LogP contribution in [0.4, 0.5) is 0 Å². The molecule has 1 fully saturated rings. The maximum Gasteiger partial charge on any atom is 0.249 e. The van der Waals surface area contributed by atoms with E-state index in [1.807, 2.05) is 0 Å². The number of halogens is 1. The monoisotopic (exact) mass is 269 g/mol. The van der Waals surface area contributed by atoms with Crippen LogP contribution in [0.3, 0.4) is 0 Å². The average Bonchev–Trinajstić information content (AvgIpc) is 2.90. The van der Waals surface area contributed by atoms with E-state index in [9.17, 15) is 4.79 Å². The Kier molecular flexibility index (Phi) is 4.84. The normalized spacial score (nSPS) is 18.6. The summed E-state index contributed by atoms with van der Waals surface area (Å²) < 4.78 is 10.7. The number of amides is 1. The van der Waals surface area contributed by atoms with E-state index in [2.05, 4.69) is 5.32 Å². The van der Waals surface area contributed by atoms with Crippen LogP contribution >= 0.6 is 11.6 Å². The van der Waals surface area contributed by atoms with Gasteiger partial charge in [0.15, 0.2) is 0 Å². The van der Waals surface area contributed by atoms with Crippen LogP contribution in [-0.4, -0.2) is 31.8 Å². The van der Waals surface area contributed by atoms with Crippen molar-refractivity contribution in [2.75, 3.05) is 19.8 Å². The molecule has 0 bridgehead atoms. The third-order valence-corrected chi connectivity index (χ3v) is 2.96. The first-order valence-electron chi connectivity index (χ1n) is 6.03. The summed E-state index contributed by atoms with van der Waals surface area (Å²) in [7, 11) is 0. The van der Waals surface area contributed by atoms with Gasteiger partial charge >= 0.3 is 0 Å². The van der Waals surface area contributed by atoms with E-state index in [0.717, 1.165) is 18.6 Å². The van der Waals surface area contributed by atoms with Crippen molar-refractivity contribution in [1.82, 2.24) is 5.32 Å². The Morgan fingerprint density at radius 2 is 2.22 bits per heavy atom. The molecule has 1 aromatic carbocycles. The van der Waals surface area contributed by atoms with Crippen LogP contribution in [0, 0.1) is 0 Å². The second kappa shape index (κ2) is 6.61. The topological polar surface area (TPSA) is 47.6 Å². The SMILES string of the molecule is O=C(NCCOc1ccc(Cl)cc1)C1CCCO1. The summed E-state index contributed by atoms with van der Waals surface area (Å²) in [4.78, 5) is 11.6. The van der Waals surface area contributed by atoms with Crippen molar-refractivity contribution >= 4 is 17.5 Å². The van der Waals surface area contributed by atoms with Gasteiger partial charge in [-0.25, -0.2) is 0 Å². The van der Waals surface area contributed by atoms with Crippen LogP contribution < -0.4 is 10.1 Å². The van der Waals surface area contributed by atoms with E-state index in [1.54, 1.807) is 24.3 Å². The molecule has 0 aromatic heterocycles. The van der Waals surface area contributed by atoms with Crippen LogP contribution in [0.25, 0.3) is 0 Å². The molecule has 0 saturated carbocycles. The molecule has 1 aliphatic heterocycles. The highest BCUT2D eigenvalue weighted by atomic mass is 35.5. The summed E-state index contributed by atoms with van der Waals surface area (Å²) in [6.07, 6.45) is 1.49. The largest absolute Gasteiger partial charge is 0.492 e. The maximum atomic E-state index is 11.6. The van der Waals surface area contributed by atoms with E-state index < -0.39 is 0 Å². The van der Waals surface area contributed by atoms with Gasteiger partial charge in [0, 0.05) is 11.6 Å². The van der Waals surface area contributed by atoms with Gasteiger partial charge in [0.25, 0.3) is 0 Å². The van der Waals surface area contributed by atoms with E-state index in [1.165, 1.54) is 0 Å². The molecule has 2 rings (SSSR count). The van der Waals surface area contributed by atoms with Gasteiger partial charge in [-0.05, 0) is 37.1 Å². The minimum atomic E-state index is -0.277. The van der Waals surface area contributed by atoms with Crippen molar-refractivity contribution < 1.29 is 14.3 Å². The first-order valence-corrected chi connectivity index (χ1v) is 6.41. The number of hydrogen-bond donors (Lipinski definition) is 1. The highest BCUT2D eigenvalue weighted by molar-refractivity contribution is 6.30. The zero-order valence-corrected chi connectivity index (χ0v) is 10.8. The van der Waals surface area contributed by atoms with E-state index in [0.29, 0.717) is 24.8 Å². The molecule has 0 radical (unpaired) electrons. The van der Waals surface area contributed by atoms with Gasteiger partial charge < -0.3 is 14.8 Å². The van der Waals surface area contributed by atoms with Crippen molar-refractivity contribution in [3.63, 3.8) is 0 Å². The standard InChI is InChI=1S/C13H16ClNO3/c14-10-3-5-11(6-4-10)17-9-7-15-13(16)12-2-1-8-18-12/h3-6,12H,1-2,7-9H2,(H,15,16). The van der Waals surface area contributed by atoms with Gasteiger partial charge in [-0.2, -0.15) is 0 Å². The summed E-state index contributed by atoms with van der Waals surface area (Å²) in [5, 5.41) is 3.47. The zero-order chi connectivity index (χ0) is 12.8. The van der Waals surface area contributed by atoms with Crippen molar-refractivity contribution in [3.8, 4) is 5.75 Å². The molecule has 0 spiro atoms. The van der Waals surface area contributed by atoms with Crippen molar-refractivity contribution in [3.05, 3.63) is 29.3 Å². The molecular weight excluding hydrogens is 254 g/mol. The predicted octanol–water partition coefficient (Wildman–Crippen LogP) is 2.01.